The van der Waals surface area contributed by atoms with Crippen LogP contribution in [0, 0.1) is 5.82 Å². The second kappa shape index (κ2) is 7.55. The van der Waals surface area contributed by atoms with E-state index < -0.39 is 0 Å². The zero-order chi connectivity index (χ0) is 18.6. The van der Waals surface area contributed by atoms with Gasteiger partial charge in [-0.25, -0.2) is 14.4 Å². The first-order valence-corrected chi connectivity index (χ1v) is 8.64. The van der Waals surface area contributed by atoms with Crippen molar-refractivity contribution in [2.24, 2.45) is 0 Å². The van der Waals surface area contributed by atoms with Crippen molar-refractivity contribution in [2.75, 3.05) is 42.3 Å². The molecule has 2 aromatic heterocycles. The smallest absolute Gasteiger partial charge is 0.228 e. The SMILES string of the molecule is Nc1ccc(-c2cc(Nc3cccc(F)c3)nc(N3CCOCC3)n2)cn1. The molecule has 138 valence electrons. The lowest BCUT2D eigenvalue weighted by atomic mass is 10.2. The number of pyridine rings is 1. The molecule has 1 saturated heterocycles. The van der Waals surface area contributed by atoms with Crippen molar-refractivity contribution in [3.8, 4) is 11.3 Å². The summed E-state index contributed by atoms with van der Waals surface area (Å²) in [5.74, 6) is 1.29. The third kappa shape index (κ3) is 4.12. The number of hydrogen-bond acceptors (Lipinski definition) is 7. The van der Waals surface area contributed by atoms with E-state index in [-0.39, 0.29) is 5.82 Å². The molecule has 0 radical (unpaired) electrons. The second-order valence-corrected chi connectivity index (χ2v) is 6.14. The van der Waals surface area contributed by atoms with Crippen LogP contribution in [-0.2, 0) is 4.74 Å². The highest BCUT2D eigenvalue weighted by molar-refractivity contribution is 5.67. The lowest BCUT2D eigenvalue weighted by Gasteiger charge is -2.27. The van der Waals surface area contributed by atoms with Gasteiger partial charge in [0.05, 0.1) is 18.9 Å². The highest BCUT2D eigenvalue weighted by Gasteiger charge is 2.16. The Morgan fingerprint density at radius 3 is 2.67 bits per heavy atom. The number of morpholine rings is 1. The zero-order valence-electron chi connectivity index (χ0n) is 14.6. The molecule has 1 fully saturated rings. The number of aromatic nitrogens is 3. The van der Waals surface area contributed by atoms with Gasteiger partial charge in [-0.05, 0) is 30.3 Å². The summed E-state index contributed by atoms with van der Waals surface area (Å²) in [6.45, 7) is 2.68. The van der Waals surface area contributed by atoms with Crippen molar-refractivity contribution in [2.45, 2.75) is 0 Å². The van der Waals surface area contributed by atoms with Crippen molar-refractivity contribution >= 4 is 23.3 Å². The van der Waals surface area contributed by atoms with Crippen LogP contribution in [0.15, 0.2) is 48.7 Å². The summed E-state index contributed by atoms with van der Waals surface area (Å²) in [7, 11) is 0. The van der Waals surface area contributed by atoms with E-state index in [1.54, 1.807) is 24.4 Å². The van der Waals surface area contributed by atoms with Gasteiger partial charge in [0.1, 0.15) is 17.5 Å². The summed E-state index contributed by atoms with van der Waals surface area (Å²) in [4.78, 5) is 15.5. The lowest BCUT2D eigenvalue weighted by molar-refractivity contribution is 0.122. The number of halogens is 1. The van der Waals surface area contributed by atoms with Gasteiger partial charge in [-0.3, -0.25) is 0 Å². The molecular formula is C19H19FN6O. The number of ether oxygens (including phenoxy) is 1. The number of nitrogens with zero attached hydrogens (tertiary/aromatic N) is 4. The maximum Gasteiger partial charge on any atom is 0.228 e. The Morgan fingerprint density at radius 2 is 1.93 bits per heavy atom. The van der Waals surface area contributed by atoms with E-state index in [1.807, 2.05) is 12.1 Å². The maximum absolute atomic E-state index is 13.5. The molecule has 4 rings (SSSR count). The minimum absolute atomic E-state index is 0.314. The molecule has 3 aromatic rings. The van der Waals surface area contributed by atoms with Crippen LogP contribution < -0.4 is 16.0 Å². The van der Waals surface area contributed by atoms with Crippen LogP contribution in [0.25, 0.3) is 11.3 Å². The average molecular weight is 366 g/mol. The maximum atomic E-state index is 13.5. The van der Waals surface area contributed by atoms with Crippen molar-refractivity contribution in [1.82, 2.24) is 15.0 Å². The van der Waals surface area contributed by atoms with E-state index in [4.69, 9.17) is 10.5 Å². The van der Waals surface area contributed by atoms with Gasteiger partial charge >= 0.3 is 0 Å². The van der Waals surface area contributed by atoms with E-state index in [1.165, 1.54) is 12.1 Å². The van der Waals surface area contributed by atoms with E-state index in [9.17, 15) is 4.39 Å². The molecule has 3 heterocycles. The number of hydrogen-bond donors (Lipinski definition) is 2. The van der Waals surface area contributed by atoms with Crippen molar-refractivity contribution < 1.29 is 9.13 Å². The summed E-state index contributed by atoms with van der Waals surface area (Å²) in [6, 6.07) is 11.6. The van der Waals surface area contributed by atoms with E-state index in [2.05, 4.69) is 25.2 Å². The molecule has 0 bridgehead atoms. The molecule has 0 unspecified atom stereocenters. The topological polar surface area (TPSA) is 89.2 Å². The number of benzene rings is 1. The third-order valence-electron chi connectivity index (χ3n) is 4.19. The predicted octanol–water partition coefficient (Wildman–Crippen LogP) is 2.84. The molecule has 1 aliphatic rings. The van der Waals surface area contributed by atoms with E-state index in [0.717, 1.165) is 5.56 Å². The van der Waals surface area contributed by atoms with Gasteiger partial charge in [-0.15, -0.1) is 0 Å². The number of rotatable bonds is 4. The van der Waals surface area contributed by atoms with Gasteiger partial charge in [0.25, 0.3) is 0 Å². The second-order valence-electron chi connectivity index (χ2n) is 6.14. The molecule has 0 aliphatic carbocycles. The highest BCUT2D eigenvalue weighted by Crippen LogP contribution is 2.25. The Morgan fingerprint density at radius 1 is 1.07 bits per heavy atom. The standard InChI is InChI=1S/C19H19FN6O/c20-14-2-1-3-15(10-14)23-18-11-16(13-4-5-17(21)22-12-13)24-19(25-18)26-6-8-27-9-7-26/h1-5,10-12H,6-9H2,(H2,21,22)(H,23,24,25). The molecule has 0 saturated carbocycles. The third-order valence-corrected chi connectivity index (χ3v) is 4.19. The van der Waals surface area contributed by atoms with Crippen LogP contribution in [0.3, 0.4) is 0 Å². The normalized spacial score (nSPS) is 14.2. The van der Waals surface area contributed by atoms with Gasteiger partial charge in [-0.1, -0.05) is 6.07 Å². The van der Waals surface area contributed by atoms with E-state index >= 15 is 0 Å². The van der Waals surface area contributed by atoms with Gasteiger partial charge in [-0.2, -0.15) is 4.98 Å². The summed E-state index contributed by atoms with van der Waals surface area (Å²) >= 11 is 0. The first-order chi connectivity index (χ1) is 13.2. The summed E-state index contributed by atoms with van der Waals surface area (Å²) in [5, 5.41) is 3.15. The number of nitrogen functional groups attached to an aromatic ring is 1. The molecule has 1 aliphatic heterocycles. The fourth-order valence-corrected chi connectivity index (χ4v) is 2.82. The Hall–Kier alpha value is -3.26. The van der Waals surface area contributed by atoms with E-state index in [0.29, 0.717) is 55.3 Å². The number of anilines is 4. The van der Waals surface area contributed by atoms with Gasteiger partial charge in [0.15, 0.2) is 0 Å². The monoisotopic (exact) mass is 366 g/mol. The predicted molar refractivity (Wildman–Crippen MR) is 102 cm³/mol. The quantitative estimate of drug-likeness (QED) is 0.734. The average Bonchev–Trinajstić information content (AvgIpc) is 2.69. The fourth-order valence-electron chi connectivity index (χ4n) is 2.82. The van der Waals surface area contributed by atoms with Gasteiger partial charge in [0.2, 0.25) is 5.95 Å². The molecular weight excluding hydrogens is 347 g/mol. The molecule has 0 amide bonds. The van der Waals surface area contributed by atoms with Crippen molar-refractivity contribution in [3.05, 3.63) is 54.5 Å². The number of nitrogens with two attached hydrogens (primary N) is 1. The van der Waals surface area contributed by atoms with Crippen molar-refractivity contribution in [3.63, 3.8) is 0 Å². The summed E-state index contributed by atoms with van der Waals surface area (Å²) in [5.41, 5.74) is 7.83. The minimum Gasteiger partial charge on any atom is -0.384 e. The Labute approximate surface area is 156 Å². The van der Waals surface area contributed by atoms with Crippen LogP contribution in [0.2, 0.25) is 0 Å². The van der Waals surface area contributed by atoms with Crippen LogP contribution in [-0.4, -0.2) is 41.3 Å². The first kappa shape index (κ1) is 17.2. The first-order valence-electron chi connectivity index (χ1n) is 8.64. The Bertz CT molecular complexity index is 928. The van der Waals surface area contributed by atoms with Crippen molar-refractivity contribution in [1.29, 1.82) is 0 Å². The minimum atomic E-state index is -0.314. The Balaban J connectivity index is 1.72. The number of nitrogens with one attached hydrogen (secondary N) is 1. The molecule has 7 nitrogen and oxygen atoms in total. The van der Waals surface area contributed by atoms with Crippen LogP contribution in [0.4, 0.5) is 27.7 Å². The molecule has 0 atom stereocenters. The molecule has 1 aromatic carbocycles. The zero-order valence-corrected chi connectivity index (χ0v) is 14.6. The molecule has 3 N–H and O–H groups in total. The molecule has 8 heteroatoms. The van der Waals surface area contributed by atoms with Crippen LogP contribution >= 0.6 is 0 Å². The van der Waals surface area contributed by atoms with Crippen LogP contribution in [0.5, 0.6) is 0 Å². The van der Waals surface area contributed by atoms with Crippen LogP contribution in [0.1, 0.15) is 0 Å². The largest absolute Gasteiger partial charge is 0.384 e. The van der Waals surface area contributed by atoms with Gasteiger partial charge in [0, 0.05) is 36.6 Å². The molecule has 0 spiro atoms. The summed E-state index contributed by atoms with van der Waals surface area (Å²) in [6.07, 6.45) is 1.67. The fraction of sp³-hybridized carbons (Fsp3) is 0.211. The summed E-state index contributed by atoms with van der Waals surface area (Å²) < 4.78 is 18.9. The highest BCUT2D eigenvalue weighted by atomic mass is 19.1. The Kier molecular flexibility index (Phi) is 4.80. The van der Waals surface area contributed by atoms with Gasteiger partial charge < -0.3 is 20.7 Å². The lowest BCUT2D eigenvalue weighted by Crippen LogP contribution is -2.37. The molecule has 27 heavy (non-hydrogen) atoms.